The van der Waals surface area contributed by atoms with E-state index in [4.69, 9.17) is 0 Å². The van der Waals surface area contributed by atoms with E-state index >= 15 is 4.39 Å². The summed E-state index contributed by atoms with van der Waals surface area (Å²) in [5.41, 5.74) is 2.76. The topological polar surface area (TPSA) is 110 Å². The second-order valence-corrected chi connectivity index (χ2v) is 11.1. The quantitative estimate of drug-likeness (QED) is 0.384. The summed E-state index contributed by atoms with van der Waals surface area (Å²) in [5.74, 6) is -0.324. The Labute approximate surface area is 212 Å². The lowest BCUT2D eigenvalue weighted by Gasteiger charge is -2.33. The first-order valence-corrected chi connectivity index (χ1v) is 12.7. The molecular formula is C27H28FN7O2. The van der Waals surface area contributed by atoms with Crippen LogP contribution in [0.4, 0.5) is 16.0 Å². The van der Waals surface area contributed by atoms with Crippen LogP contribution in [0.1, 0.15) is 62.4 Å². The first-order chi connectivity index (χ1) is 17.7. The van der Waals surface area contributed by atoms with Gasteiger partial charge in [-0.1, -0.05) is 19.9 Å². The fraction of sp³-hybridized carbons (Fsp3) is 0.407. The minimum atomic E-state index is -1.03. The SMILES string of the molecule is CC1(C)CNCc2cc(Nc3ncc4c(=O)n(C5CC5)n(-c5nc(C6(O)CC6)ccc5F)c4n3)ccc21. The first kappa shape index (κ1) is 22.6. The van der Waals surface area contributed by atoms with Crippen LogP contribution in [0.3, 0.4) is 0 Å². The van der Waals surface area contributed by atoms with E-state index in [0.717, 1.165) is 31.6 Å². The predicted molar refractivity (Wildman–Crippen MR) is 137 cm³/mol. The summed E-state index contributed by atoms with van der Waals surface area (Å²) >= 11 is 0. The Hall–Kier alpha value is -3.63. The Bertz CT molecular complexity index is 1630. The fourth-order valence-corrected chi connectivity index (χ4v) is 5.34. The molecule has 0 amide bonds. The lowest BCUT2D eigenvalue weighted by Crippen LogP contribution is -2.38. The molecule has 190 valence electrons. The van der Waals surface area contributed by atoms with E-state index in [2.05, 4.69) is 51.6 Å². The van der Waals surface area contributed by atoms with Crippen molar-refractivity contribution < 1.29 is 9.50 Å². The van der Waals surface area contributed by atoms with Gasteiger partial charge in [-0.2, -0.15) is 4.98 Å². The Balaban J connectivity index is 1.34. The van der Waals surface area contributed by atoms with Crippen molar-refractivity contribution in [2.45, 2.75) is 63.1 Å². The van der Waals surface area contributed by atoms with Crippen molar-refractivity contribution in [1.82, 2.24) is 29.6 Å². The highest BCUT2D eigenvalue weighted by Crippen LogP contribution is 2.45. The molecule has 7 rings (SSSR count). The standard InChI is InChI=1S/C27H28FN7O2/c1-26(2)14-29-12-15-11-16(3-6-19(15)26)31-25-30-13-18-22(33-25)35(34(24(18)36)17-4-5-17)23-20(28)7-8-21(32-23)27(37)9-10-27/h3,6-8,11,13,17,29,37H,4-5,9-10,12,14H2,1-2H3,(H,30,31,33). The van der Waals surface area contributed by atoms with Crippen LogP contribution in [0.5, 0.6) is 0 Å². The molecule has 1 aliphatic heterocycles. The maximum atomic E-state index is 15.2. The van der Waals surface area contributed by atoms with Gasteiger partial charge in [-0.3, -0.25) is 4.79 Å². The number of halogens is 1. The monoisotopic (exact) mass is 501 g/mol. The minimum absolute atomic E-state index is 0.0384. The molecule has 0 atom stereocenters. The Morgan fingerprint density at radius 3 is 2.73 bits per heavy atom. The predicted octanol–water partition coefficient (Wildman–Crippen LogP) is 3.56. The summed E-state index contributed by atoms with van der Waals surface area (Å²) < 4.78 is 18.2. The van der Waals surface area contributed by atoms with Gasteiger partial charge in [0.1, 0.15) is 11.0 Å². The summed E-state index contributed by atoms with van der Waals surface area (Å²) in [4.78, 5) is 26.9. The third-order valence-electron chi connectivity index (χ3n) is 7.72. The van der Waals surface area contributed by atoms with E-state index in [1.807, 2.05) is 6.07 Å². The molecular weight excluding hydrogens is 473 g/mol. The van der Waals surface area contributed by atoms with E-state index in [-0.39, 0.29) is 28.5 Å². The van der Waals surface area contributed by atoms with Crippen molar-refractivity contribution in [3.8, 4) is 5.82 Å². The van der Waals surface area contributed by atoms with E-state index in [9.17, 15) is 9.90 Å². The van der Waals surface area contributed by atoms with Crippen LogP contribution < -0.4 is 16.2 Å². The molecule has 4 aromatic rings. The van der Waals surface area contributed by atoms with Gasteiger partial charge in [-0.15, -0.1) is 0 Å². The molecule has 3 aliphatic rings. The lowest BCUT2D eigenvalue weighted by atomic mass is 9.79. The number of nitrogens with zero attached hydrogens (tertiary/aromatic N) is 5. The molecule has 3 N–H and O–H groups in total. The number of anilines is 2. The molecule has 0 radical (unpaired) electrons. The maximum Gasteiger partial charge on any atom is 0.278 e. The molecule has 10 heteroatoms. The first-order valence-electron chi connectivity index (χ1n) is 12.7. The van der Waals surface area contributed by atoms with Crippen molar-refractivity contribution in [3.63, 3.8) is 0 Å². The van der Waals surface area contributed by atoms with Gasteiger partial charge in [-0.05, 0) is 61.1 Å². The molecule has 37 heavy (non-hydrogen) atoms. The number of aliphatic hydroxyl groups is 1. The third-order valence-corrected chi connectivity index (χ3v) is 7.72. The zero-order chi connectivity index (χ0) is 25.5. The highest BCUT2D eigenvalue weighted by molar-refractivity contribution is 5.77. The average Bonchev–Trinajstić information content (AvgIpc) is 3.80. The molecule has 1 aromatic carbocycles. The van der Waals surface area contributed by atoms with E-state index in [0.29, 0.717) is 29.9 Å². The summed E-state index contributed by atoms with van der Waals surface area (Å²) in [6.07, 6.45) is 4.29. The van der Waals surface area contributed by atoms with Gasteiger partial charge in [0, 0.05) is 30.4 Å². The van der Waals surface area contributed by atoms with Crippen molar-refractivity contribution in [1.29, 1.82) is 0 Å². The van der Waals surface area contributed by atoms with Crippen molar-refractivity contribution in [2.75, 3.05) is 11.9 Å². The Kier molecular flexibility index (Phi) is 4.69. The third kappa shape index (κ3) is 3.66. The second-order valence-electron chi connectivity index (χ2n) is 11.1. The highest BCUT2D eigenvalue weighted by Gasteiger charge is 2.44. The van der Waals surface area contributed by atoms with Crippen molar-refractivity contribution in [3.05, 3.63) is 69.5 Å². The van der Waals surface area contributed by atoms with E-state index in [1.54, 1.807) is 0 Å². The Morgan fingerprint density at radius 2 is 1.97 bits per heavy atom. The summed E-state index contributed by atoms with van der Waals surface area (Å²) in [7, 11) is 0. The van der Waals surface area contributed by atoms with Gasteiger partial charge in [0.25, 0.3) is 5.56 Å². The molecule has 2 saturated carbocycles. The molecule has 4 heterocycles. The van der Waals surface area contributed by atoms with Gasteiger partial charge >= 0.3 is 0 Å². The number of aromatic nitrogens is 5. The van der Waals surface area contributed by atoms with Crippen LogP contribution in [-0.2, 0) is 17.6 Å². The number of fused-ring (bicyclic) bond motifs is 2. The van der Waals surface area contributed by atoms with E-state index < -0.39 is 11.4 Å². The van der Waals surface area contributed by atoms with Crippen LogP contribution in [0.2, 0.25) is 0 Å². The summed E-state index contributed by atoms with van der Waals surface area (Å²) in [6, 6.07) is 8.96. The summed E-state index contributed by atoms with van der Waals surface area (Å²) in [5, 5.41) is 17.6. The van der Waals surface area contributed by atoms with Crippen LogP contribution in [0, 0.1) is 5.82 Å². The maximum absolute atomic E-state index is 15.2. The van der Waals surface area contributed by atoms with E-state index in [1.165, 1.54) is 38.8 Å². The normalized spacial score (nSPS) is 19.6. The number of hydrogen-bond acceptors (Lipinski definition) is 7. The van der Waals surface area contributed by atoms with Crippen LogP contribution >= 0.6 is 0 Å². The van der Waals surface area contributed by atoms with Crippen LogP contribution in [0.15, 0.2) is 41.3 Å². The Morgan fingerprint density at radius 1 is 1.16 bits per heavy atom. The molecule has 0 saturated heterocycles. The molecule has 0 spiro atoms. The van der Waals surface area contributed by atoms with Gasteiger partial charge < -0.3 is 15.7 Å². The van der Waals surface area contributed by atoms with Gasteiger partial charge in [0.2, 0.25) is 5.95 Å². The molecule has 3 aromatic heterocycles. The van der Waals surface area contributed by atoms with Gasteiger partial charge in [0.05, 0.1) is 11.7 Å². The van der Waals surface area contributed by atoms with Crippen molar-refractivity contribution in [2.24, 2.45) is 0 Å². The van der Waals surface area contributed by atoms with Gasteiger partial charge in [-0.25, -0.2) is 23.7 Å². The fourth-order valence-electron chi connectivity index (χ4n) is 5.34. The molecule has 2 fully saturated rings. The zero-order valence-electron chi connectivity index (χ0n) is 20.8. The summed E-state index contributed by atoms with van der Waals surface area (Å²) in [6.45, 7) is 6.14. The smallest absolute Gasteiger partial charge is 0.278 e. The largest absolute Gasteiger partial charge is 0.384 e. The number of benzene rings is 1. The highest BCUT2D eigenvalue weighted by atomic mass is 19.1. The molecule has 0 unspecified atom stereocenters. The lowest BCUT2D eigenvalue weighted by molar-refractivity contribution is 0.146. The number of nitrogens with one attached hydrogen (secondary N) is 2. The van der Waals surface area contributed by atoms with Crippen LogP contribution in [0.25, 0.3) is 16.9 Å². The minimum Gasteiger partial charge on any atom is -0.384 e. The molecule has 2 aliphatic carbocycles. The second kappa shape index (κ2) is 7.69. The molecule has 0 bridgehead atoms. The molecule has 9 nitrogen and oxygen atoms in total. The number of pyridine rings is 1. The number of rotatable bonds is 5. The number of hydrogen-bond donors (Lipinski definition) is 3. The zero-order valence-corrected chi connectivity index (χ0v) is 20.8. The van der Waals surface area contributed by atoms with Crippen LogP contribution in [-0.4, -0.2) is 36.0 Å². The van der Waals surface area contributed by atoms with Crippen molar-refractivity contribution >= 4 is 22.7 Å². The average molecular weight is 502 g/mol. The van der Waals surface area contributed by atoms with Gasteiger partial charge in [0.15, 0.2) is 17.3 Å².